The van der Waals surface area contributed by atoms with Gasteiger partial charge in [0.1, 0.15) is 11.9 Å². The van der Waals surface area contributed by atoms with Crippen LogP contribution in [0.1, 0.15) is 32.3 Å². The molecule has 0 spiro atoms. The third-order valence-corrected chi connectivity index (χ3v) is 3.19. The number of nitrogens with one attached hydrogen (secondary N) is 1. The van der Waals surface area contributed by atoms with Crippen molar-refractivity contribution in [1.82, 2.24) is 5.32 Å². The van der Waals surface area contributed by atoms with Crippen LogP contribution in [-0.2, 0) is 0 Å². The summed E-state index contributed by atoms with van der Waals surface area (Å²) >= 11 is 3.48. The molecule has 0 bridgehead atoms. The van der Waals surface area contributed by atoms with Gasteiger partial charge in [0, 0.05) is 11.0 Å². The van der Waals surface area contributed by atoms with Crippen molar-refractivity contribution in [2.45, 2.75) is 39.7 Å². The van der Waals surface area contributed by atoms with E-state index in [-0.39, 0.29) is 6.10 Å². The van der Waals surface area contributed by atoms with Crippen LogP contribution < -0.4 is 10.1 Å². The summed E-state index contributed by atoms with van der Waals surface area (Å²) in [6.07, 6.45) is 2.42. The lowest BCUT2D eigenvalue weighted by atomic mass is 10.2. The Morgan fingerprint density at radius 2 is 2.12 bits per heavy atom. The summed E-state index contributed by atoms with van der Waals surface area (Å²) in [6.45, 7) is 8.38. The molecule has 1 unspecified atom stereocenters. The highest BCUT2D eigenvalue weighted by Gasteiger charge is 2.09. The molecule has 0 aliphatic heterocycles. The summed E-state index contributed by atoms with van der Waals surface area (Å²) in [4.78, 5) is 0. The minimum absolute atomic E-state index is 0.245. The van der Waals surface area contributed by atoms with E-state index >= 15 is 0 Å². The van der Waals surface area contributed by atoms with Crippen molar-refractivity contribution in [3.05, 3.63) is 28.2 Å². The van der Waals surface area contributed by atoms with E-state index in [4.69, 9.17) is 4.74 Å². The molecule has 0 aromatic heterocycles. The van der Waals surface area contributed by atoms with Gasteiger partial charge in [-0.25, -0.2) is 0 Å². The van der Waals surface area contributed by atoms with Crippen LogP contribution in [0.2, 0.25) is 0 Å². The van der Waals surface area contributed by atoms with Gasteiger partial charge in [0.25, 0.3) is 0 Å². The molecular weight excluding hydrogens is 278 g/mol. The van der Waals surface area contributed by atoms with Crippen molar-refractivity contribution in [2.24, 2.45) is 0 Å². The molecule has 0 aliphatic rings. The Bertz CT molecular complexity index is 341. The summed E-state index contributed by atoms with van der Waals surface area (Å²) < 4.78 is 7.09. The number of ether oxygens (including phenoxy) is 1. The average molecular weight is 300 g/mol. The quantitative estimate of drug-likeness (QED) is 0.771. The van der Waals surface area contributed by atoms with Crippen molar-refractivity contribution in [3.8, 4) is 5.75 Å². The van der Waals surface area contributed by atoms with Crippen molar-refractivity contribution >= 4 is 15.9 Å². The number of aryl methyl sites for hydroxylation is 1. The molecule has 0 aliphatic carbocycles. The molecule has 0 saturated carbocycles. The van der Waals surface area contributed by atoms with Gasteiger partial charge in [-0.1, -0.05) is 35.8 Å². The topological polar surface area (TPSA) is 21.3 Å². The van der Waals surface area contributed by atoms with E-state index in [2.05, 4.69) is 48.1 Å². The van der Waals surface area contributed by atoms with Gasteiger partial charge in [-0.15, -0.1) is 0 Å². The molecule has 0 saturated heterocycles. The van der Waals surface area contributed by atoms with E-state index in [1.165, 1.54) is 5.56 Å². The SMILES string of the molecule is CCCNCC(CC)Oc1cc(Br)ccc1C. The van der Waals surface area contributed by atoms with Crippen LogP contribution >= 0.6 is 15.9 Å². The second kappa shape index (κ2) is 7.72. The largest absolute Gasteiger partial charge is 0.489 e. The Hall–Kier alpha value is -0.540. The summed E-state index contributed by atoms with van der Waals surface area (Å²) in [5.74, 6) is 0.976. The monoisotopic (exact) mass is 299 g/mol. The van der Waals surface area contributed by atoms with Crippen molar-refractivity contribution < 1.29 is 4.74 Å². The molecule has 1 aromatic rings. The zero-order valence-electron chi connectivity index (χ0n) is 10.9. The standard InChI is InChI=1S/C14H22BrNO/c1-4-8-16-10-13(5-2)17-14-9-12(15)7-6-11(14)3/h6-7,9,13,16H,4-5,8,10H2,1-3H3. The Kier molecular flexibility index (Phi) is 6.60. The maximum Gasteiger partial charge on any atom is 0.123 e. The van der Waals surface area contributed by atoms with E-state index in [1.807, 2.05) is 12.1 Å². The average Bonchev–Trinajstić information content (AvgIpc) is 2.32. The fourth-order valence-electron chi connectivity index (χ4n) is 1.59. The smallest absolute Gasteiger partial charge is 0.123 e. The van der Waals surface area contributed by atoms with E-state index in [0.717, 1.165) is 36.2 Å². The minimum atomic E-state index is 0.245. The Morgan fingerprint density at radius 1 is 1.35 bits per heavy atom. The lowest BCUT2D eigenvalue weighted by molar-refractivity contribution is 0.192. The normalized spacial score (nSPS) is 12.5. The molecule has 1 N–H and O–H groups in total. The predicted octanol–water partition coefficient (Wildman–Crippen LogP) is 3.91. The molecule has 0 fully saturated rings. The van der Waals surface area contributed by atoms with Gasteiger partial charge in [-0.05, 0) is 44.0 Å². The Labute approximate surface area is 113 Å². The van der Waals surface area contributed by atoms with Gasteiger partial charge >= 0.3 is 0 Å². The van der Waals surface area contributed by atoms with Crippen molar-refractivity contribution in [1.29, 1.82) is 0 Å². The number of rotatable bonds is 7. The van der Waals surface area contributed by atoms with Gasteiger partial charge in [0.05, 0.1) is 0 Å². The minimum Gasteiger partial charge on any atom is -0.489 e. The first-order valence-corrected chi connectivity index (χ1v) is 7.10. The fraction of sp³-hybridized carbons (Fsp3) is 0.571. The van der Waals surface area contributed by atoms with Gasteiger partial charge in [-0.3, -0.25) is 0 Å². The maximum absolute atomic E-state index is 6.03. The summed E-state index contributed by atoms with van der Waals surface area (Å²) in [6, 6.07) is 6.15. The van der Waals surface area contributed by atoms with Gasteiger partial charge in [0.15, 0.2) is 0 Å². The van der Waals surface area contributed by atoms with Gasteiger partial charge in [0.2, 0.25) is 0 Å². The first-order chi connectivity index (χ1) is 8.17. The molecule has 0 heterocycles. The van der Waals surface area contributed by atoms with Crippen LogP contribution in [0.15, 0.2) is 22.7 Å². The van der Waals surface area contributed by atoms with E-state index < -0.39 is 0 Å². The molecule has 3 heteroatoms. The number of hydrogen-bond acceptors (Lipinski definition) is 2. The number of hydrogen-bond donors (Lipinski definition) is 1. The highest BCUT2D eigenvalue weighted by Crippen LogP contribution is 2.24. The predicted molar refractivity (Wildman–Crippen MR) is 76.7 cm³/mol. The lowest BCUT2D eigenvalue weighted by Gasteiger charge is -2.19. The molecule has 2 nitrogen and oxygen atoms in total. The molecule has 17 heavy (non-hydrogen) atoms. The van der Waals surface area contributed by atoms with Crippen molar-refractivity contribution in [3.63, 3.8) is 0 Å². The zero-order valence-corrected chi connectivity index (χ0v) is 12.5. The highest BCUT2D eigenvalue weighted by molar-refractivity contribution is 9.10. The van der Waals surface area contributed by atoms with Crippen molar-refractivity contribution in [2.75, 3.05) is 13.1 Å². The third kappa shape index (κ3) is 5.09. The van der Waals surface area contributed by atoms with Crippen LogP contribution in [0.3, 0.4) is 0 Å². The molecule has 0 amide bonds. The molecule has 1 rings (SSSR count). The number of benzene rings is 1. The third-order valence-electron chi connectivity index (χ3n) is 2.70. The molecular formula is C14H22BrNO. The first kappa shape index (κ1) is 14.5. The van der Waals surface area contributed by atoms with E-state index in [0.29, 0.717) is 0 Å². The Balaban J connectivity index is 2.57. The molecule has 0 radical (unpaired) electrons. The number of halogens is 1. The van der Waals surface area contributed by atoms with Crippen LogP contribution in [0.4, 0.5) is 0 Å². The Morgan fingerprint density at radius 3 is 2.76 bits per heavy atom. The fourth-order valence-corrected chi connectivity index (χ4v) is 1.93. The lowest BCUT2D eigenvalue weighted by Crippen LogP contribution is -2.31. The van der Waals surface area contributed by atoms with Gasteiger partial charge < -0.3 is 10.1 Å². The van der Waals surface area contributed by atoms with Crippen LogP contribution in [0.5, 0.6) is 5.75 Å². The summed E-state index contributed by atoms with van der Waals surface area (Å²) in [7, 11) is 0. The summed E-state index contributed by atoms with van der Waals surface area (Å²) in [5.41, 5.74) is 1.18. The molecule has 1 atom stereocenters. The maximum atomic E-state index is 6.03. The van der Waals surface area contributed by atoms with Gasteiger partial charge in [-0.2, -0.15) is 0 Å². The molecule has 1 aromatic carbocycles. The van der Waals surface area contributed by atoms with Crippen LogP contribution in [0, 0.1) is 6.92 Å². The van der Waals surface area contributed by atoms with Crippen LogP contribution in [0.25, 0.3) is 0 Å². The second-order valence-corrected chi connectivity index (χ2v) is 5.18. The zero-order chi connectivity index (χ0) is 12.7. The van der Waals surface area contributed by atoms with Crippen LogP contribution in [-0.4, -0.2) is 19.2 Å². The molecule has 96 valence electrons. The summed E-state index contributed by atoms with van der Waals surface area (Å²) in [5, 5.41) is 3.40. The second-order valence-electron chi connectivity index (χ2n) is 4.26. The van der Waals surface area contributed by atoms with E-state index in [1.54, 1.807) is 0 Å². The highest BCUT2D eigenvalue weighted by atomic mass is 79.9. The van der Waals surface area contributed by atoms with E-state index in [9.17, 15) is 0 Å². The first-order valence-electron chi connectivity index (χ1n) is 6.30.